The van der Waals surface area contributed by atoms with Gasteiger partial charge in [-0.1, -0.05) is 23.4 Å². The molecule has 0 radical (unpaired) electrons. The number of carbonyl (C=O) groups is 2. The van der Waals surface area contributed by atoms with Crippen molar-refractivity contribution in [2.75, 3.05) is 12.4 Å². The molecule has 1 aromatic carbocycles. The minimum atomic E-state index is -0.480. The van der Waals surface area contributed by atoms with E-state index in [9.17, 15) is 9.59 Å². The predicted molar refractivity (Wildman–Crippen MR) is 85.1 cm³/mol. The zero-order valence-electron chi connectivity index (χ0n) is 12.1. The van der Waals surface area contributed by atoms with Crippen LogP contribution in [0.15, 0.2) is 29.4 Å². The summed E-state index contributed by atoms with van der Waals surface area (Å²) in [4.78, 5) is 27.2. The maximum Gasteiger partial charge on any atom is 0.276 e. The average Bonchev–Trinajstić information content (AvgIpc) is 2.96. The molecule has 0 aliphatic heterocycles. The summed E-state index contributed by atoms with van der Waals surface area (Å²) in [5.74, 6) is 0.395. The molecule has 0 spiro atoms. The van der Waals surface area contributed by atoms with Crippen LogP contribution in [-0.2, 0) is 9.59 Å². The van der Waals surface area contributed by atoms with Crippen molar-refractivity contribution in [3.63, 3.8) is 0 Å². The minimum Gasteiger partial charge on any atom is -0.484 e. The smallest absolute Gasteiger partial charge is 0.276 e. The van der Waals surface area contributed by atoms with Gasteiger partial charge in [-0.05, 0) is 31.2 Å². The number of benzene rings is 1. The molecular weight excluding hydrogens is 342 g/mol. The molecule has 0 aliphatic rings. The lowest BCUT2D eigenvalue weighted by Gasteiger charge is -2.08. The van der Waals surface area contributed by atoms with Crippen molar-refractivity contribution in [2.24, 2.45) is 0 Å². The lowest BCUT2D eigenvalue weighted by atomic mass is 10.3. The molecule has 10 heteroatoms. The van der Waals surface area contributed by atoms with Gasteiger partial charge in [0.05, 0.1) is 5.75 Å². The number of hydrogen-bond acceptors (Lipinski definition) is 6. The van der Waals surface area contributed by atoms with Crippen LogP contribution in [0, 0.1) is 6.92 Å². The molecular formula is C13H14ClN5O3S. The van der Waals surface area contributed by atoms with Crippen molar-refractivity contribution in [1.29, 1.82) is 0 Å². The molecule has 1 aromatic heterocycles. The van der Waals surface area contributed by atoms with Gasteiger partial charge in [-0.2, -0.15) is 0 Å². The normalized spacial score (nSPS) is 10.2. The van der Waals surface area contributed by atoms with Gasteiger partial charge in [-0.3, -0.25) is 25.5 Å². The Morgan fingerprint density at radius 3 is 2.61 bits per heavy atom. The number of halogens is 1. The first kappa shape index (κ1) is 17.1. The third-order valence-corrected chi connectivity index (χ3v) is 3.53. The fraction of sp³-hybridized carbons (Fsp3) is 0.231. The Balaban J connectivity index is 1.63. The number of carbonyl (C=O) groups excluding carboxylic acids is 2. The van der Waals surface area contributed by atoms with E-state index in [1.165, 1.54) is 0 Å². The van der Waals surface area contributed by atoms with Crippen molar-refractivity contribution in [3.8, 4) is 5.75 Å². The second kappa shape index (κ2) is 8.39. The van der Waals surface area contributed by atoms with Crippen molar-refractivity contribution >= 4 is 35.2 Å². The Bertz CT molecular complexity index is 677. The van der Waals surface area contributed by atoms with Crippen molar-refractivity contribution in [2.45, 2.75) is 12.1 Å². The summed E-state index contributed by atoms with van der Waals surface area (Å²) >= 11 is 6.89. The fourth-order valence-electron chi connectivity index (χ4n) is 1.41. The van der Waals surface area contributed by atoms with Gasteiger partial charge in [-0.25, -0.2) is 4.98 Å². The SMILES string of the molecule is Cc1nc(SCC(=O)NNC(=O)COc2ccc(Cl)cc2)n[nH]1. The third-order valence-electron chi connectivity index (χ3n) is 2.43. The van der Waals surface area contributed by atoms with Crippen LogP contribution in [0.25, 0.3) is 0 Å². The second-order valence-electron chi connectivity index (χ2n) is 4.33. The highest BCUT2D eigenvalue weighted by molar-refractivity contribution is 7.99. The number of hydrazine groups is 1. The number of aryl methyl sites for hydroxylation is 1. The molecule has 2 rings (SSSR count). The summed E-state index contributed by atoms with van der Waals surface area (Å²) in [7, 11) is 0. The molecule has 0 bridgehead atoms. The van der Waals surface area contributed by atoms with Gasteiger partial charge in [0.2, 0.25) is 11.1 Å². The Morgan fingerprint density at radius 2 is 1.96 bits per heavy atom. The zero-order valence-corrected chi connectivity index (χ0v) is 13.7. The largest absolute Gasteiger partial charge is 0.484 e. The first-order valence-electron chi connectivity index (χ1n) is 6.51. The molecule has 122 valence electrons. The number of aromatic nitrogens is 3. The molecule has 0 saturated carbocycles. The molecule has 23 heavy (non-hydrogen) atoms. The van der Waals surface area contributed by atoms with E-state index in [-0.39, 0.29) is 18.3 Å². The Kier molecular flexibility index (Phi) is 6.24. The topological polar surface area (TPSA) is 109 Å². The molecule has 0 fully saturated rings. The van der Waals surface area contributed by atoms with Crippen molar-refractivity contribution in [3.05, 3.63) is 35.1 Å². The van der Waals surface area contributed by atoms with E-state index in [1.54, 1.807) is 31.2 Å². The molecule has 0 aliphatic carbocycles. The van der Waals surface area contributed by atoms with Crippen LogP contribution in [0.2, 0.25) is 5.02 Å². The van der Waals surface area contributed by atoms with Crippen LogP contribution in [0.5, 0.6) is 5.75 Å². The van der Waals surface area contributed by atoms with Crippen LogP contribution in [0.3, 0.4) is 0 Å². The number of H-pyrrole nitrogens is 1. The molecule has 3 N–H and O–H groups in total. The van der Waals surface area contributed by atoms with E-state index >= 15 is 0 Å². The van der Waals surface area contributed by atoms with Gasteiger partial charge in [0, 0.05) is 5.02 Å². The molecule has 0 atom stereocenters. The quantitative estimate of drug-likeness (QED) is 0.528. The highest BCUT2D eigenvalue weighted by Crippen LogP contribution is 2.15. The number of amides is 2. The molecule has 1 heterocycles. The van der Waals surface area contributed by atoms with Crippen LogP contribution in [0.1, 0.15) is 5.82 Å². The van der Waals surface area contributed by atoms with E-state index in [0.29, 0.717) is 21.8 Å². The summed E-state index contributed by atoms with van der Waals surface area (Å²) in [6.45, 7) is 1.53. The number of hydrogen-bond donors (Lipinski definition) is 3. The summed E-state index contributed by atoms with van der Waals surface area (Å²) in [5.41, 5.74) is 4.53. The lowest BCUT2D eigenvalue weighted by molar-refractivity contribution is -0.128. The summed E-state index contributed by atoms with van der Waals surface area (Å²) < 4.78 is 5.24. The van der Waals surface area contributed by atoms with Gasteiger partial charge >= 0.3 is 0 Å². The molecule has 2 aromatic rings. The maximum atomic E-state index is 11.6. The van der Waals surface area contributed by atoms with Gasteiger partial charge in [0.25, 0.3) is 5.91 Å². The van der Waals surface area contributed by atoms with E-state index in [0.717, 1.165) is 11.8 Å². The van der Waals surface area contributed by atoms with E-state index in [1.807, 2.05) is 0 Å². The summed E-state index contributed by atoms with van der Waals surface area (Å²) in [5, 5.41) is 7.60. The number of ether oxygens (including phenoxy) is 1. The maximum absolute atomic E-state index is 11.6. The number of nitrogens with one attached hydrogen (secondary N) is 3. The van der Waals surface area contributed by atoms with E-state index < -0.39 is 5.91 Å². The van der Waals surface area contributed by atoms with E-state index in [4.69, 9.17) is 16.3 Å². The third kappa shape index (κ3) is 6.17. The van der Waals surface area contributed by atoms with Crippen LogP contribution in [0.4, 0.5) is 0 Å². The Morgan fingerprint density at radius 1 is 1.26 bits per heavy atom. The first-order valence-corrected chi connectivity index (χ1v) is 7.87. The number of rotatable bonds is 6. The van der Waals surface area contributed by atoms with Crippen LogP contribution >= 0.6 is 23.4 Å². The van der Waals surface area contributed by atoms with Gasteiger partial charge in [-0.15, -0.1) is 5.10 Å². The highest BCUT2D eigenvalue weighted by atomic mass is 35.5. The highest BCUT2D eigenvalue weighted by Gasteiger charge is 2.08. The Hall–Kier alpha value is -2.26. The first-order chi connectivity index (χ1) is 11.0. The number of thioether (sulfide) groups is 1. The number of nitrogens with zero attached hydrogens (tertiary/aromatic N) is 2. The van der Waals surface area contributed by atoms with Crippen molar-refractivity contribution < 1.29 is 14.3 Å². The minimum absolute atomic E-state index is 0.0790. The lowest BCUT2D eigenvalue weighted by Crippen LogP contribution is -2.44. The van der Waals surface area contributed by atoms with Crippen LogP contribution < -0.4 is 15.6 Å². The average molecular weight is 356 g/mol. The van der Waals surface area contributed by atoms with Crippen LogP contribution in [-0.4, -0.2) is 39.4 Å². The standard InChI is InChI=1S/C13H14ClN5O3S/c1-8-15-13(19-16-8)23-7-12(21)18-17-11(20)6-22-10-4-2-9(14)3-5-10/h2-5H,6-7H2,1H3,(H,17,20)(H,18,21)(H,15,16,19). The number of aromatic amines is 1. The summed E-state index contributed by atoms with van der Waals surface area (Å²) in [6, 6.07) is 6.59. The van der Waals surface area contributed by atoms with Gasteiger partial charge < -0.3 is 4.74 Å². The second-order valence-corrected chi connectivity index (χ2v) is 5.71. The van der Waals surface area contributed by atoms with Gasteiger partial charge in [0.15, 0.2) is 6.61 Å². The molecule has 8 nitrogen and oxygen atoms in total. The molecule has 0 saturated heterocycles. The van der Waals surface area contributed by atoms with Crippen molar-refractivity contribution in [1.82, 2.24) is 26.0 Å². The Labute approximate surface area is 141 Å². The fourth-order valence-corrected chi connectivity index (χ4v) is 2.18. The monoisotopic (exact) mass is 355 g/mol. The zero-order chi connectivity index (χ0) is 16.7. The molecule has 0 unspecified atom stereocenters. The molecule has 2 amide bonds. The van der Waals surface area contributed by atoms with E-state index in [2.05, 4.69) is 26.0 Å². The van der Waals surface area contributed by atoms with Gasteiger partial charge in [0.1, 0.15) is 11.6 Å². The summed E-state index contributed by atoms with van der Waals surface area (Å²) in [6.07, 6.45) is 0. The predicted octanol–water partition coefficient (Wildman–Crippen LogP) is 1.09.